The number of fused-ring (bicyclic) bond motifs is 3. The zero-order valence-electron chi connectivity index (χ0n) is 17.7. The molecule has 0 bridgehead atoms. The van der Waals surface area contributed by atoms with Gasteiger partial charge in [0, 0.05) is 23.7 Å². The number of amides is 1. The first-order chi connectivity index (χ1) is 15.0. The second-order valence-electron chi connectivity index (χ2n) is 7.39. The average molecular weight is 437 g/mol. The van der Waals surface area contributed by atoms with Crippen LogP contribution >= 0.6 is 11.8 Å². The minimum atomic E-state index is -0.171. The SMILES string of the molecule is COCCn1c(SCC(=O)Nc2cc(C)ccc2C)nc2c([nH]c3ccccc32)c1=O. The van der Waals surface area contributed by atoms with Crippen LogP contribution in [0.25, 0.3) is 21.9 Å². The Morgan fingerprint density at radius 1 is 1.23 bits per heavy atom. The third kappa shape index (κ3) is 4.35. The molecule has 8 heteroatoms. The summed E-state index contributed by atoms with van der Waals surface area (Å²) in [7, 11) is 1.59. The summed E-state index contributed by atoms with van der Waals surface area (Å²) in [4.78, 5) is 33.7. The third-order valence-electron chi connectivity index (χ3n) is 5.09. The molecule has 160 valence electrons. The number of thioether (sulfide) groups is 1. The molecule has 1 amide bonds. The van der Waals surface area contributed by atoms with E-state index in [1.165, 1.54) is 11.8 Å². The van der Waals surface area contributed by atoms with Crippen LogP contribution in [0.1, 0.15) is 11.1 Å². The number of carbonyl (C=O) groups is 1. The molecular weight excluding hydrogens is 412 g/mol. The van der Waals surface area contributed by atoms with Crippen LogP contribution in [0.3, 0.4) is 0 Å². The number of hydrogen-bond acceptors (Lipinski definition) is 5. The largest absolute Gasteiger partial charge is 0.383 e. The second-order valence-corrected chi connectivity index (χ2v) is 8.34. The molecule has 4 rings (SSSR count). The molecule has 2 aromatic heterocycles. The molecule has 2 heterocycles. The fourth-order valence-corrected chi connectivity index (χ4v) is 4.27. The van der Waals surface area contributed by atoms with Gasteiger partial charge in [-0.05, 0) is 37.1 Å². The monoisotopic (exact) mass is 436 g/mol. The molecule has 0 atom stereocenters. The van der Waals surface area contributed by atoms with Crippen LogP contribution in [0.5, 0.6) is 0 Å². The van der Waals surface area contributed by atoms with Gasteiger partial charge in [0.05, 0.1) is 18.9 Å². The van der Waals surface area contributed by atoms with Crippen molar-refractivity contribution < 1.29 is 9.53 Å². The summed E-state index contributed by atoms with van der Waals surface area (Å²) in [5, 5.41) is 4.33. The molecule has 0 aliphatic carbocycles. The number of methoxy groups -OCH3 is 1. The van der Waals surface area contributed by atoms with Crippen LogP contribution in [0, 0.1) is 13.8 Å². The summed E-state index contributed by atoms with van der Waals surface area (Å²) >= 11 is 1.25. The van der Waals surface area contributed by atoms with Gasteiger partial charge in [0.25, 0.3) is 5.56 Å². The molecule has 0 saturated heterocycles. The summed E-state index contributed by atoms with van der Waals surface area (Å²) in [5.74, 6) is -0.00835. The summed E-state index contributed by atoms with van der Waals surface area (Å²) in [6, 6.07) is 13.6. The second kappa shape index (κ2) is 8.95. The Kier molecular flexibility index (Phi) is 6.11. The quantitative estimate of drug-likeness (QED) is 0.339. The van der Waals surface area contributed by atoms with Crippen LogP contribution in [0.15, 0.2) is 52.4 Å². The molecule has 31 heavy (non-hydrogen) atoms. The molecule has 7 nitrogen and oxygen atoms in total. The molecule has 2 aromatic carbocycles. The van der Waals surface area contributed by atoms with E-state index in [-0.39, 0.29) is 17.2 Å². The number of carbonyl (C=O) groups excluding carboxylic acids is 1. The summed E-state index contributed by atoms with van der Waals surface area (Å²) in [6.07, 6.45) is 0. The summed E-state index contributed by atoms with van der Waals surface area (Å²) in [5.41, 5.74) is 4.63. The highest BCUT2D eigenvalue weighted by Crippen LogP contribution is 2.25. The van der Waals surface area contributed by atoms with E-state index in [1.54, 1.807) is 11.7 Å². The molecule has 0 aliphatic heterocycles. The lowest BCUT2D eigenvalue weighted by Gasteiger charge is -2.12. The highest BCUT2D eigenvalue weighted by Gasteiger charge is 2.17. The van der Waals surface area contributed by atoms with Crippen molar-refractivity contribution >= 4 is 45.3 Å². The Labute approximate surface area is 183 Å². The predicted molar refractivity (Wildman–Crippen MR) is 125 cm³/mol. The topological polar surface area (TPSA) is 89.0 Å². The Morgan fingerprint density at radius 3 is 2.84 bits per heavy atom. The maximum absolute atomic E-state index is 13.2. The van der Waals surface area contributed by atoms with Gasteiger partial charge in [0.1, 0.15) is 11.0 Å². The van der Waals surface area contributed by atoms with Gasteiger partial charge in [-0.3, -0.25) is 14.2 Å². The van der Waals surface area contributed by atoms with Gasteiger partial charge >= 0.3 is 0 Å². The van der Waals surface area contributed by atoms with E-state index in [9.17, 15) is 9.59 Å². The Balaban J connectivity index is 1.65. The normalized spacial score (nSPS) is 11.3. The van der Waals surface area contributed by atoms with E-state index in [2.05, 4.69) is 10.3 Å². The molecule has 0 aliphatic rings. The highest BCUT2D eigenvalue weighted by atomic mass is 32.2. The smallest absolute Gasteiger partial charge is 0.278 e. The molecular formula is C23H24N4O3S. The zero-order valence-corrected chi connectivity index (χ0v) is 18.5. The van der Waals surface area contributed by atoms with E-state index in [4.69, 9.17) is 9.72 Å². The Morgan fingerprint density at radius 2 is 2.03 bits per heavy atom. The number of para-hydroxylation sites is 1. The standard InChI is InChI=1S/C23H24N4O3S/c1-14-8-9-15(2)18(12-14)24-19(28)13-31-23-26-20-16-6-4-5-7-17(16)25-21(20)22(29)27(23)10-11-30-3/h4-9,12,25H,10-11,13H2,1-3H3,(H,24,28). The number of hydrogen-bond donors (Lipinski definition) is 2. The predicted octanol–water partition coefficient (Wildman–Crippen LogP) is 3.87. The van der Waals surface area contributed by atoms with Crippen LogP contribution in [-0.2, 0) is 16.1 Å². The highest BCUT2D eigenvalue weighted by molar-refractivity contribution is 7.99. The number of nitrogens with zero attached hydrogens (tertiary/aromatic N) is 2. The molecule has 2 N–H and O–H groups in total. The van der Waals surface area contributed by atoms with E-state index in [1.807, 2.05) is 56.3 Å². The number of ether oxygens (including phenoxy) is 1. The third-order valence-corrected chi connectivity index (χ3v) is 6.07. The maximum Gasteiger partial charge on any atom is 0.278 e. The molecule has 0 fully saturated rings. The first-order valence-corrected chi connectivity index (χ1v) is 11.0. The van der Waals surface area contributed by atoms with Crippen LogP contribution in [0.4, 0.5) is 5.69 Å². The number of nitrogens with one attached hydrogen (secondary N) is 2. The van der Waals surface area contributed by atoms with Crippen molar-refractivity contribution in [1.82, 2.24) is 14.5 Å². The number of H-pyrrole nitrogens is 1. The van der Waals surface area contributed by atoms with Crippen molar-refractivity contribution in [2.75, 3.05) is 24.8 Å². The van der Waals surface area contributed by atoms with Crippen molar-refractivity contribution in [2.24, 2.45) is 0 Å². The van der Waals surface area contributed by atoms with Crippen molar-refractivity contribution in [3.05, 3.63) is 63.9 Å². The van der Waals surface area contributed by atoms with Crippen molar-refractivity contribution in [1.29, 1.82) is 0 Å². The van der Waals surface area contributed by atoms with Crippen molar-refractivity contribution in [3.63, 3.8) is 0 Å². The Hall–Kier alpha value is -3.10. The van der Waals surface area contributed by atoms with E-state index >= 15 is 0 Å². The molecule has 0 spiro atoms. The number of rotatable bonds is 7. The first-order valence-electron chi connectivity index (χ1n) is 9.98. The molecule has 4 aromatic rings. The lowest BCUT2D eigenvalue weighted by atomic mass is 10.1. The maximum atomic E-state index is 13.2. The number of anilines is 1. The lowest BCUT2D eigenvalue weighted by molar-refractivity contribution is -0.113. The fraction of sp³-hybridized carbons (Fsp3) is 0.261. The molecule has 0 unspecified atom stereocenters. The summed E-state index contributed by atoms with van der Waals surface area (Å²) < 4.78 is 6.74. The van der Waals surface area contributed by atoms with Gasteiger partial charge < -0.3 is 15.0 Å². The van der Waals surface area contributed by atoms with Crippen molar-refractivity contribution in [2.45, 2.75) is 25.5 Å². The first kappa shape index (κ1) is 21.1. The fourth-order valence-electron chi connectivity index (χ4n) is 3.45. The van der Waals surface area contributed by atoms with Crippen LogP contribution < -0.4 is 10.9 Å². The number of aryl methyl sites for hydroxylation is 2. The van der Waals surface area contributed by atoms with Gasteiger partial charge in [-0.25, -0.2) is 4.98 Å². The lowest BCUT2D eigenvalue weighted by Crippen LogP contribution is -2.26. The van der Waals surface area contributed by atoms with Crippen LogP contribution in [-0.4, -0.2) is 39.9 Å². The zero-order chi connectivity index (χ0) is 22.0. The Bertz CT molecular complexity index is 1330. The van der Waals surface area contributed by atoms with Gasteiger partial charge in [0.15, 0.2) is 5.16 Å². The van der Waals surface area contributed by atoms with Gasteiger partial charge in [-0.15, -0.1) is 0 Å². The van der Waals surface area contributed by atoms with Gasteiger partial charge in [0.2, 0.25) is 5.91 Å². The number of aromatic amines is 1. The van der Waals surface area contributed by atoms with Crippen molar-refractivity contribution in [3.8, 4) is 0 Å². The van der Waals surface area contributed by atoms with E-state index in [0.29, 0.717) is 29.3 Å². The summed E-state index contributed by atoms with van der Waals surface area (Å²) in [6.45, 7) is 4.67. The van der Waals surface area contributed by atoms with Crippen LogP contribution in [0.2, 0.25) is 0 Å². The average Bonchev–Trinajstić information content (AvgIpc) is 3.13. The number of benzene rings is 2. The van der Waals surface area contributed by atoms with Gasteiger partial charge in [-0.2, -0.15) is 0 Å². The number of aromatic nitrogens is 3. The van der Waals surface area contributed by atoms with Gasteiger partial charge in [-0.1, -0.05) is 42.1 Å². The molecule has 0 radical (unpaired) electrons. The van der Waals surface area contributed by atoms with E-state index < -0.39 is 0 Å². The minimum Gasteiger partial charge on any atom is -0.383 e. The minimum absolute atomic E-state index is 0.140. The van der Waals surface area contributed by atoms with E-state index in [0.717, 1.165) is 27.7 Å². The molecule has 0 saturated carbocycles.